The first-order valence-electron chi connectivity index (χ1n) is 8.58. The smallest absolute Gasteiger partial charge is 1.00 e. The number of non-ortho nitro benzene ring substituents is 1. The summed E-state index contributed by atoms with van der Waals surface area (Å²) in [5, 5.41) is 12.9. The number of hydrogen-bond donors (Lipinski definition) is 4. The SMILES string of the molecule is O=C(Nc1cc(S(=O)(=O)O)cc2cc(S(=O)(=O)O)ccc12)c1ccc([N+](=O)[O-])cc1S(=O)(=O)O.[H-].[H-].[H-].[Na+].[Na+].[Na+]. The van der Waals surface area contributed by atoms with Gasteiger partial charge in [-0.1, -0.05) is 6.07 Å². The molecular weight excluding hydrogens is 589 g/mol. The maximum atomic E-state index is 12.8. The quantitative estimate of drug-likeness (QED) is 0.0889. The van der Waals surface area contributed by atoms with Crippen molar-refractivity contribution in [3.05, 3.63) is 64.2 Å². The average molecular weight is 604 g/mol. The molecule has 3 rings (SSSR count). The predicted molar refractivity (Wildman–Crippen MR) is 118 cm³/mol. The van der Waals surface area contributed by atoms with Crippen LogP contribution in [-0.4, -0.2) is 49.7 Å². The minimum absolute atomic E-state index is 0. The molecule has 20 heteroatoms. The Hall–Kier alpha value is -0.480. The van der Waals surface area contributed by atoms with Gasteiger partial charge in [-0.05, 0) is 35.7 Å². The Kier molecular flexibility index (Phi) is 13.1. The molecule has 0 spiro atoms. The molecule has 0 saturated heterocycles. The molecule has 0 aliphatic heterocycles. The van der Waals surface area contributed by atoms with Crippen molar-refractivity contribution in [3.63, 3.8) is 0 Å². The number of nitrogens with zero attached hydrogens (tertiary/aromatic N) is 1. The van der Waals surface area contributed by atoms with Gasteiger partial charge in [0.1, 0.15) is 4.90 Å². The van der Waals surface area contributed by atoms with Gasteiger partial charge in [0.25, 0.3) is 41.9 Å². The van der Waals surface area contributed by atoms with Gasteiger partial charge >= 0.3 is 88.7 Å². The number of amides is 1. The van der Waals surface area contributed by atoms with Gasteiger partial charge in [0.05, 0.1) is 26.0 Å². The number of carbonyl (C=O) groups excluding carboxylic acids is 1. The monoisotopic (exact) mass is 604 g/mol. The van der Waals surface area contributed by atoms with Crippen molar-refractivity contribution in [1.82, 2.24) is 0 Å². The number of rotatable bonds is 6. The number of benzene rings is 3. The molecule has 0 saturated carbocycles. The van der Waals surface area contributed by atoms with Gasteiger partial charge in [0, 0.05) is 17.5 Å². The molecule has 0 radical (unpaired) electrons. The van der Waals surface area contributed by atoms with Gasteiger partial charge in [-0.25, -0.2) is 0 Å². The van der Waals surface area contributed by atoms with Crippen LogP contribution < -0.4 is 94.0 Å². The summed E-state index contributed by atoms with van der Waals surface area (Å²) in [4.78, 5) is 20.2. The Balaban J connectivity index is -0.00000108. The number of nitrogens with one attached hydrogen (secondary N) is 1. The summed E-state index contributed by atoms with van der Waals surface area (Å²) in [6.45, 7) is 0. The number of hydrogen-bond acceptors (Lipinski definition) is 9. The van der Waals surface area contributed by atoms with E-state index in [1.165, 1.54) is 0 Å². The molecular formula is C17H15N2Na3O12S3. The molecule has 1 amide bonds. The summed E-state index contributed by atoms with van der Waals surface area (Å²) in [7, 11) is -14.7. The van der Waals surface area contributed by atoms with E-state index in [9.17, 15) is 53.8 Å². The minimum atomic E-state index is -5.12. The molecule has 3 aromatic rings. The van der Waals surface area contributed by atoms with Gasteiger partial charge < -0.3 is 9.60 Å². The van der Waals surface area contributed by atoms with Gasteiger partial charge in [-0.2, -0.15) is 25.3 Å². The molecule has 0 atom stereocenters. The van der Waals surface area contributed by atoms with E-state index in [0.717, 1.165) is 42.5 Å². The minimum Gasteiger partial charge on any atom is -1.00 e. The second-order valence-electron chi connectivity index (χ2n) is 6.67. The van der Waals surface area contributed by atoms with Crippen LogP contribution in [0.15, 0.2) is 63.2 Å². The van der Waals surface area contributed by atoms with Crippen LogP contribution in [-0.2, 0) is 30.4 Å². The van der Waals surface area contributed by atoms with E-state index in [4.69, 9.17) is 0 Å². The summed E-state index contributed by atoms with van der Waals surface area (Å²) in [6, 6.07) is 6.46. The van der Waals surface area contributed by atoms with Crippen molar-refractivity contribution in [2.24, 2.45) is 0 Å². The molecule has 37 heavy (non-hydrogen) atoms. The van der Waals surface area contributed by atoms with E-state index in [-0.39, 0.29) is 109 Å². The maximum absolute atomic E-state index is 12.8. The molecule has 0 aromatic heterocycles. The van der Waals surface area contributed by atoms with Crippen LogP contribution in [0.25, 0.3) is 10.8 Å². The molecule has 0 fully saturated rings. The fraction of sp³-hybridized carbons (Fsp3) is 0. The molecule has 186 valence electrons. The Bertz CT molecular complexity index is 1720. The summed E-state index contributed by atoms with van der Waals surface area (Å²) in [5.41, 5.74) is -1.84. The maximum Gasteiger partial charge on any atom is 1.00 e. The summed E-state index contributed by atoms with van der Waals surface area (Å²) < 4.78 is 97.5. The second-order valence-corrected chi connectivity index (χ2v) is 10.9. The van der Waals surface area contributed by atoms with Crippen LogP contribution >= 0.6 is 0 Å². The van der Waals surface area contributed by atoms with E-state index in [0.29, 0.717) is 6.07 Å². The van der Waals surface area contributed by atoms with Gasteiger partial charge in [0.2, 0.25) is 0 Å². The number of nitro benzene ring substituents is 1. The number of carbonyl (C=O) groups is 1. The third kappa shape index (κ3) is 8.75. The van der Waals surface area contributed by atoms with E-state index in [1.807, 2.05) is 0 Å². The van der Waals surface area contributed by atoms with E-state index < -0.39 is 67.1 Å². The van der Waals surface area contributed by atoms with Gasteiger partial charge in [0.15, 0.2) is 0 Å². The second kappa shape index (κ2) is 13.2. The third-order valence-electron chi connectivity index (χ3n) is 4.44. The van der Waals surface area contributed by atoms with E-state index >= 15 is 0 Å². The molecule has 0 aliphatic carbocycles. The first kappa shape index (κ1) is 36.5. The number of nitro groups is 1. The van der Waals surface area contributed by atoms with Crippen LogP contribution in [0.3, 0.4) is 0 Å². The summed E-state index contributed by atoms with van der Waals surface area (Å²) in [6.07, 6.45) is 0. The van der Waals surface area contributed by atoms with Crippen molar-refractivity contribution in [2.75, 3.05) is 5.32 Å². The van der Waals surface area contributed by atoms with Crippen LogP contribution in [0.1, 0.15) is 14.6 Å². The molecule has 0 aliphatic rings. The van der Waals surface area contributed by atoms with Crippen molar-refractivity contribution < 1.29 is 142 Å². The zero-order valence-electron chi connectivity index (χ0n) is 22.3. The summed E-state index contributed by atoms with van der Waals surface area (Å²) >= 11 is 0. The Morgan fingerprint density at radius 2 is 1.32 bits per heavy atom. The van der Waals surface area contributed by atoms with E-state index in [1.54, 1.807) is 0 Å². The Morgan fingerprint density at radius 3 is 1.81 bits per heavy atom. The van der Waals surface area contributed by atoms with Crippen molar-refractivity contribution in [2.45, 2.75) is 14.7 Å². The third-order valence-corrected chi connectivity index (χ3v) is 7.01. The van der Waals surface area contributed by atoms with Crippen molar-refractivity contribution in [1.29, 1.82) is 0 Å². The first-order valence-corrected chi connectivity index (χ1v) is 12.9. The molecule has 14 nitrogen and oxygen atoms in total. The molecule has 0 heterocycles. The largest absolute Gasteiger partial charge is 1.00 e. The average Bonchev–Trinajstić information content (AvgIpc) is 2.70. The standard InChI is InChI=1S/C17H12N2O12S3.3Na.3H/c20-17(14-3-1-10(19(21)22)7-16(14)34(29,30)31)18-15-8-12(33(26,27)28)6-9-5-11(32(23,24)25)2-4-13(9)15;;;;;;/h1-8H,(H,18,20)(H,23,24,25)(H,26,27,28)(H,29,30,31);;;;;;/q;3*+1;3*-1. The van der Waals surface area contributed by atoms with Crippen LogP contribution in [0.4, 0.5) is 11.4 Å². The van der Waals surface area contributed by atoms with Gasteiger partial charge in [-0.3, -0.25) is 28.6 Å². The van der Waals surface area contributed by atoms with Crippen LogP contribution in [0, 0.1) is 10.1 Å². The van der Waals surface area contributed by atoms with Crippen LogP contribution in [0.2, 0.25) is 0 Å². The molecule has 3 aromatic carbocycles. The van der Waals surface area contributed by atoms with Gasteiger partial charge in [-0.15, -0.1) is 0 Å². The first-order chi connectivity index (χ1) is 15.5. The number of anilines is 1. The zero-order chi connectivity index (χ0) is 25.6. The fourth-order valence-electron chi connectivity index (χ4n) is 2.95. The fourth-order valence-corrected chi connectivity index (χ4v) is 4.72. The van der Waals surface area contributed by atoms with Crippen molar-refractivity contribution in [3.8, 4) is 0 Å². The normalized spacial score (nSPS) is 11.4. The zero-order valence-corrected chi connectivity index (χ0v) is 27.8. The topological polar surface area (TPSA) is 235 Å². The predicted octanol–water partition coefficient (Wildman–Crippen LogP) is -6.91. The molecule has 4 N–H and O–H groups in total. The van der Waals surface area contributed by atoms with E-state index in [2.05, 4.69) is 5.32 Å². The Labute approximate surface area is 280 Å². The molecule has 0 bridgehead atoms. The van der Waals surface area contributed by atoms with Crippen LogP contribution in [0.5, 0.6) is 0 Å². The van der Waals surface area contributed by atoms with Crippen molar-refractivity contribution >= 4 is 58.4 Å². The number of fused-ring (bicyclic) bond motifs is 1. The Morgan fingerprint density at radius 1 is 0.784 bits per heavy atom. The summed E-state index contributed by atoms with van der Waals surface area (Å²) in [5.74, 6) is -1.25. The molecule has 0 unspecified atom stereocenters.